The van der Waals surface area contributed by atoms with Crippen molar-refractivity contribution in [3.8, 4) is 0 Å². The van der Waals surface area contributed by atoms with Gasteiger partial charge < -0.3 is 14.2 Å². The summed E-state index contributed by atoms with van der Waals surface area (Å²) in [6.45, 7) is 7.21. The first-order valence-corrected chi connectivity index (χ1v) is 4.50. The van der Waals surface area contributed by atoms with Crippen LogP contribution in [0.3, 0.4) is 0 Å². The molecule has 3 nitrogen and oxygen atoms in total. The highest BCUT2D eigenvalue weighted by Crippen LogP contribution is 2.00. The minimum atomic E-state index is -0.126. The van der Waals surface area contributed by atoms with Gasteiger partial charge in [0.1, 0.15) is 0 Å². The summed E-state index contributed by atoms with van der Waals surface area (Å²) in [5, 5.41) is 0. The van der Waals surface area contributed by atoms with Crippen LogP contribution in [0, 0.1) is 0 Å². The summed E-state index contributed by atoms with van der Waals surface area (Å²) in [6.07, 6.45) is 1.03. The van der Waals surface area contributed by atoms with Crippen molar-refractivity contribution in [2.75, 3.05) is 20.3 Å². The molecule has 0 saturated heterocycles. The Morgan fingerprint density at radius 2 is 1.83 bits per heavy atom. The molecule has 0 aliphatic rings. The predicted octanol–water partition coefficient (Wildman–Crippen LogP) is 1.81. The standard InChI is InChI=1S/C9H20O3/c1-5-9(10-4)7-12-8(3)11-6-2/h8-9H,5-7H2,1-4H3. The Balaban J connectivity index is 3.37. The van der Waals surface area contributed by atoms with Gasteiger partial charge in [0.2, 0.25) is 0 Å². The molecule has 0 aliphatic carbocycles. The van der Waals surface area contributed by atoms with Crippen molar-refractivity contribution in [2.45, 2.75) is 39.6 Å². The molecule has 0 bridgehead atoms. The van der Waals surface area contributed by atoms with Gasteiger partial charge in [-0.1, -0.05) is 6.92 Å². The van der Waals surface area contributed by atoms with Crippen molar-refractivity contribution in [3.05, 3.63) is 0 Å². The molecule has 0 aromatic carbocycles. The lowest BCUT2D eigenvalue weighted by atomic mass is 10.3. The van der Waals surface area contributed by atoms with E-state index in [0.29, 0.717) is 13.2 Å². The maximum atomic E-state index is 5.38. The zero-order valence-electron chi connectivity index (χ0n) is 8.50. The average molecular weight is 176 g/mol. The summed E-state index contributed by atoms with van der Waals surface area (Å²) < 4.78 is 15.7. The van der Waals surface area contributed by atoms with Gasteiger partial charge in [-0.3, -0.25) is 0 Å². The molecule has 0 aromatic rings. The lowest BCUT2D eigenvalue weighted by Crippen LogP contribution is -2.22. The van der Waals surface area contributed by atoms with E-state index < -0.39 is 0 Å². The fraction of sp³-hybridized carbons (Fsp3) is 1.00. The van der Waals surface area contributed by atoms with Gasteiger partial charge in [-0.15, -0.1) is 0 Å². The molecular formula is C9H20O3. The van der Waals surface area contributed by atoms with Crippen LogP contribution >= 0.6 is 0 Å². The van der Waals surface area contributed by atoms with E-state index in [0.717, 1.165) is 6.42 Å². The highest BCUT2D eigenvalue weighted by Gasteiger charge is 2.07. The minimum Gasteiger partial charge on any atom is -0.379 e. The third-order valence-electron chi connectivity index (χ3n) is 1.71. The molecule has 0 aliphatic heterocycles. The van der Waals surface area contributed by atoms with E-state index in [2.05, 4.69) is 6.92 Å². The van der Waals surface area contributed by atoms with Gasteiger partial charge in [0, 0.05) is 13.7 Å². The summed E-state index contributed by atoms with van der Waals surface area (Å²) >= 11 is 0. The normalized spacial score (nSPS) is 16.0. The second-order valence-corrected chi connectivity index (χ2v) is 2.62. The lowest BCUT2D eigenvalue weighted by Gasteiger charge is -2.17. The number of methoxy groups -OCH3 is 1. The van der Waals surface area contributed by atoms with Gasteiger partial charge >= 0.3 is 0 Å². The van der Waals surface area contributed by atoms with Crippen LogP contribution in [0.25, 0.3) is 0 Å². The van der Waals surface area contributed by atoms with Crippen molar-refractivity contribution in [2.24, 2.45) is 0 Å². The third-order valence-corrected chi connectivity index (χ3v) is 1.71. The molecule has 2 atom stereocenters. The molecule has 0 heterocycles. The van der Waals surface area contributed by atoms with Crippen LogP contribution in [-0.4, -0.2) is 32.7 Å². The second-order valence-electron chi connectivity index (χ2n) is 2.62. The van der Waals surface area contributed by atoms with Gasteiger partial charge in [0.15, 0.2) is 6.29 Å². The van der Waals surface area contributed by atoms with Crippen molar-refractivity contribution in [3.63, 3.8) is 0 Å². The molecule has 0 aromatic heterocycles. The van der Waals surface area contributed by atoms with Crippen LogP contribution in [-0.2, 0) is 14.2 Å². The minimum absolute atomic E-state index is 0.126. The van der Waals surface area contributed by atoms with Crippen molar-refractivity contribution < 1.29 is 14.2 Å². The molecular weight excluding hydrogens is 156 g/mol. The molecule has 0 saturated carbocycles. The highest BCUT2D eigenvalue weighted by atomic mass is 16.7. The lowest BCUT2D eigenvalue weighted by molar-refractivity contribution is -0.147. The number of rotatable bonds is 7. The molecule has 0 spiro atoms. The van der Waals surface area contributed by atoms with E-state index in [9.17, 15) is 0 Å². The Labute approximate surface area is 75.0 Å². The van der Waals surface area contributed by atoms with Crippen LogP contribution in [0.2, 0.25) is 0 Å². The molecule has 2 unspecified atom stereocenters. The van der Waals surface area contributed by atoms with E-state index >= 15 is 0 Å². The van der Waals surface area contributed by atoms with Crippen LogP contribution in [0.5, 0.6) is 0 Å². The van der Waals surface area contributed by atoms with Crippen LogP contribution < -0.4 is 0 Å². The quantitative estimate of drug-likeness (QED) is 0.554. The SMILES string of the molecule is CCOC(C)OCC(CC)OC. The molecule has 74 valence electrons. The summed E-state index contributed by atoms with van der Waals surface area (Å²) in [6, 6.07) is 0. The average Bonchev–Trinajstić information content (AvgIpc) is 2.07. The Kier molecular flexibility index (Phi) is 7.45. The number of hydrogen-bond acceptors (Lipinski definition) is 3. The third kappa shape index (κ3) is 5.52. The molecule has 0 N–H and O–H groups in total. The Hall–Kier alpha value is -0.120. The molecule has 3 heteroatoms. The van der Waals surface area contributed by atoms with Crippen LogP contribution in [0.1, 0.15) is 27.2 Å². The molecule has 0 fully saturated rings. The Morgan fingerprint density at radius 3 is 2.25 bits per heavy atom. The first-order valence-electron chi connectivity index (χ1n) is 4.50. The summed E-state index contributed by atoms with van der Waals surface area (Å²) in [5.41, 5.74) is 0. The van der Waals surface area contributed by atoms with Gasteiger partial charge in [-0.05, 0) is 20.3 Å². The van der Waals surface area contributed by atoms with Crippen molar-refractivity contribution >= 4 is 0 Å². The monoisotopic (exact) mass is 176 g/mol. The molecule has 12 heavy (non-hydrogen) atoms. The highest BCUT2D eigenvalue weighted by molar-refractivity contribution is 4.51. The van der Waals surface area contributed by atoms with E-state index in [1.807, 2.05) is 13.8 Å². The second kappa shape index (κ2) is 7.53. The summed E-state index contributed by atoms with van der Waals surface area (Å²) in [5.74, 6) is 0. The van der Waals surface area contributed by atoms with E-state index in [1.165, 1.54) is 0 Å². The Bertz CT molecular complexity index is 91.8. The fourth-order valence-corrected chi connectivity index (χ4v) is 0.878. The number of hydrogen-bond donors (Lipinski definition) is 0. The van der Waals surface area contributed by atoms with E-state index in [4.69, 9.17) is 14.2 Å². The van der Waals surface area contributed by atoms with Crippen LogP contribution in [0.4, 0.5) is 0 Å². The molecule has 0 radical (unpaired) electrons. The molecule has 0 rings (SSSR count). The zero-order valence-corrected chi connectivity index (χ0v) is 8.50. The van der Waals surface area contributed by atoms with E-state index in [1.54, 1.807) is 7.11 Å². The topological polar surface area (TPSA) is 27.7 Å². The van der Waals surface area contributed by atoms with Gasteiger partial charge in [-0.25, -0.2) is 0 Å². The fourth-order valence-electron chi connectivity index (χ4n) is 0.878. The summed E-state index contributed by atoms with van der Waals surface area (Å²) in [7, 11) is 1.70. The first kappa shape index (κ1) is 11.9. The Morgan fingerprint density at radius 1 is 1.17 bits per heavy atom. The van der Waals surface area contributed by atoms with E-state index in [-0.39, 0.29) is 12.4 Å². The number of ether oxygens (including phenoxy) is 3. The smallest absolute Gasteiger partial charge is 0.154 e. The first-order chi connectivity index (χ1) is 5.74. The molecule has 0 amide bonds. The summed E-state index contributed by atoms with van der Waals surface area (Å²) in [4.78, 5) is 0. The largest absolute Gasteiger partial charge is 0.379 e. The predicted molar refractivity (Wildman–Crippen MR) is 48.1 cm³/mol. The van der Waals surface area contributed by atoms with Crippen molar-refractivity contribution in [1.29, 1.82) is 0 Å². The van der Waals surface area contributed by atoms with Gasteiger partial charge in [0.05, 0.1) is 12.7 Å². The maximum Gasteiger partial charge on any atom is 0.154 e. The van der Waals surface area contributed by atoms with Gasteiger partial charge in [0.25, 0.3) is 0 Å². The van der Waals surface area contributed by atoms with Crippen LogP contribution in [0.15, 0.2) is 0 Å². The zero-order chi connectivity index (χ0) is 9.40. The van der Waals surface area contributed by atoms with Gasteiger partial charge in [-0.2, -0.15) is 0 Å². The maximum absolute atomic E-state index is 5.38. The van der Waals surface area contributed by atoms with Crippen molar-refractivity contribution in [1.82, 2.24) is 0 Å².